The monoisotopic (exact) mass is 466 g/mol. The molecule has 0 amide bonds. The van der Waals surface area contributed by atoms with Crippen molar-refractivity contribution < 1.29 is 25.9 Å². The molecule has 0 aromatic heterocycles. The SMILES string of the molecule is CC(CC(C)=Nc1c(C)cc(S(=O)(=O)O)cc1C)=Nc1c(C)cc(S(=O)(=O)O)cc1C. The minimum absolute atomic E-state index is 0.170. The Morgan fingerprint density at radius 1 is 0.677 bits per heavy atom. The highest BCUT2D eigenvalue weighted by molar-refractivity contribution is 7.86. The first-order valence-electron chi connectivity index (χ1n) is 9.35. The molecular formula is C21H26N2O6S2. The molecular weight excluding hydrogens is 440 g/mol. The van der Waals surface area contributed by atoms with Gasteiger partial charge in [-0.05, 0) is 88.1 Å². The van der Waals surface area contributed by atoms with Crippen molar-refractivity contribution in [1.29, 1.82) is 0 Å². The highest BCUT2D eigenvalue weighted by Gasteiger charge is 2.15. The van der Waals surface area contributed by atoms with Crippen molar-refractivity contribution in [2.24, 2.45) is 9.98 Å². The van der Waals surface area contributed by atoms with E-state index in [-0.39, 0.29) is 9.79 Å². The average molecular weight is 467 g/mol. The van der Waals surface area contributed by atoms with Gasteiger partial charge in [0, 0.05) is 17.8 Å². The van der Waals surface area contributed by atoms with Gasteiger partial charge < -0.3 is 0 Å². The second-order valence-electron chi connectivity index (χ2n) is 7.63. The molecule has 2 aromatic carbocycles. The van der Waals surface area contributed by atoms with Crippen LogP contribution in [0.5, 0.6) is 0 Å². The van der Waals surface area contributed by atoms with Crippen LogP contribution in [0.25, 0.3) is 0 Å². The fourth-order valence-electron chi connectivity index (χ4n) is 3.31. The first kappa shape index (κ1) is 24.9. The minimum atomic E-state index is -4.29. The zero-order valence-corrected chi connectivity index (χ0v) is 19.9. The van der Waals surface area contributed by atoms with Crippen LogP contribution in [0.2, 0.25) is 0 Å². The van der Waals surface area contributed by atoms with E-state index in [0.29, 0.717) is 40.0 Å². The molecule has 0 fully saturated rings. The maximum absolute atomic E-state index is 11.4. The molecule has 10 heteroatoms. The summed E-state index contributed by atoms with van der Waals surface area (Å²) >= 11 is 0. The Balaban J connectivity index is 2.36. The Morgan fingerprint density at radius 2 is 0.935 bits per heavy atom. The normalized spacial score (nSPS) is 13.5. The fraction of sp³-hybridized carbons (Fsp3) is 0.333. The van der Waals surface area contributed by atoms with Gasteiger partial charge in [-0.25, -0.2) is 0 Å². The Bertz CT molecular complexity index is 1160. The van der Waals surface area contributed by atoms with Gasteiger partial charge in [0.15, 0.2) is 0 Å². The summed E-state index contributed by atoms with van der Waals surface area (Å²) in [7, 11) is -8.58. The molecule has 2 N–H and O–H groups in total. The van der Waals surface area contributed by atoms with Gasteiger partial charge in [0.1, 0.15) is 0 Å². The third kappa shape index (κ3) is 6.30. The van der Waals surface area contributed by atoms with Crippen LogP contribution in [0.1, 0.15) is 42.5 Å². The topological polar surface area (TPSA) is 133 Å². The van der Waals surface area contributed by atoms with Crippen LogP contribution >= 0.6 is 0 Å². The summed E-state index contributed by atoms with van der Waals surface area (Å²) in [6.45, 7) is 10.5. The maximum Gasteiger partial charge on any atom is 0.294 e. The molecule has 0 aliphatic carbocycles. The molecule has 0 bridgehead atoms. The van der Waals surface area contributed by atoms with Crippen molar-refractivity contribution in [2.75, 3.05) is 0 Å². The van der Waals surface area contributed by atoms with Crippen LogP contribution in [-0.2, 0) is 20.2 Å². The summed E-state index contributed by atoms with van der Waals surface area (Å²) < 4.78 is 64.0. The predicted molar refractivity (Wildman–Crippen MR) is 122 cm³/mol. The van der Waals surface area contributed by atoms with E-state index in [1.165, 1.54) is 24.3 Å². The number of benzene rings is 2. The van der Waals surface area contributed by atoms with E-state index < -0.39 is 20.2 Å². The molecule has 2 rings (SSSR count). The summed E-state index contributed by atoms with van der Waals surface area (Å²) in [6.07, 6.45) is 0.442. The molecule has 0 spiro atoms. The molecule has 0 heterocycles. The van der Waals surface area contributed by atoms with Crippen LogP contribution in [0, 0.1) is 27.7 Å². The molecule has 168 valence electrons. The summed E-state index contributed by atoms with van der Waals surface area (Å²) in [5.74, 6) is 0. The van der Waals surface area contributed by atoms with Crippen molar-refractivity contribution >= 4 is 43.0 Å². The molecule has 0 unspecified atom stereocenters. The summed E-state index contributed by atoms with van der Waals surface area (Å²) in [5.41, 5.74) is 5.23. The molecule has 0 atom stereocenters. The highest BCUT2D eigenvalue weighted by Crippen LogP contribution is 2.29. The number of hydrogen-bond acceptors (Lipinski definition) is 6. The van der Waals surface area contributed by atoms with E-state index >= 15 is 0 Å². The van der Waals surface area contributed by atoms with Gasteiger partial charge >= 0.3 is 0 Å². The molecule has 2 aromatic rings. The van der Waals surface area contributed by atoms with E-state index in [0.717, 1.165) is 11.4 Å². The lowest BCUT2D eigenvalue weighted by Gasteiger charge is -2.11. The zero-order chi connectivity index (χ0) is 23.7. The molecule has 0 saturated carbocycles. The van der Waals surface area contributed by atoms with Gasteiger partial charge in [0.25, 0.3) is 20.2 Å². The third-order valence-electron chi connectivity index (χ3n) is 4.64. The third-order valence-corrected chi connectivity index (χ3v) is 6.30. The van der Waals surface area contributed by atoms with Crippen LogP contribution in [0.15, 0.2) is 44.0 Å². The number of aryl methyl sites for hydroxylation is 4. The lowest BCUT2D eigenvalue weighted by molar-refractivity contribution is 0.481. The maximum atomic E-state index is 11.4. The van der Waals surface area contributed by atoms with Crippen molar-refractivity contribution in [2.45, 2.75) is 57.8 Å². The van der Waals surface area contributed by atoms with E-state index in [1.807, 2.05) is 13.8 Å². The molecule has 0 aliphatic rings. The summed E-state index contributed by atoms with van der Waals surface area (Å²) in [5, 5.41) is 0. The van der Waals surface area contributed by atoms with Gasteiger partial charge in [-0.15, -0.1) is 0 Å². The van der Waals surface area contributed by atoms with Gasteiger partial charge in [0.05, 0.1) is 21.2 Å². The molecule has 31 heavy (non-hydrogen) atoms. The Kier molecular flexibility index (Phi) is 7.21. The van der Waals surface area contributed by atoms with E-state index in [1.54, 1.807) is 27.7 Å². The highest BCUT2D eigenvalue weighted by atomic mass is 32.2. The lowest BCUT2D eigenvalue weighted by Crippen LogP contribution is -2.03. The summed E-state index contributed by atoms with van der Waals surface area (Å²) in [4.78, 5) is 8.86. The lowest BCUT2D eigenvalue weighted by atomic mass is 10.1. The van der Waals surface area contributed by atoms with E-state index in [9.17, 15) is 25.9 Å². The zero-order valence-electron chi connectivity index (χ0n) is 18.3. The van der Waals surface area contributed by atoms with Crippen LogP contribution in [0.4, 0.5) is 11.4 Å². The van der Waals surface area contributed by atoms with Crippen LogP contribution < -0.4 is 0 Å². The number of hydrogen-bond donors (Lipinski definition) is 2. The Morgan fingerprint density at radius 3 is 1.16 bits per heavy atom. The van der Waals surface area contributed by atoms with Crippen molar-refractivity contribution in [3.05, 3.63) is 46.5 Å². The quantitative estimate of drug-likeness (QED) is 0.469. The van der Waals surface area contributed by atoms with Crippen LogP contribution in [-0.4, -0.2) is 37.4 Å². The van der Waals surface area contributed by atoms with Crippen molar-refractivity contribution in [3.63, 3.8) is 0 Å². The van der Waals surface area contributed by atoms with E-state index in [4.69, 9.17) is 0 Å². The standard InChI is InChI=1S/C21H26N2O6S2/c1-12-7-18(30(24,25)26)8-13(2)20(12)22-16(5)11-17(6)23-21-14(3)9-19(10-15(21)4)31(27,28)29/h7-10H,11H2,1-6H3,(H,24,25,26)(H,27,28,29). The Labute approximate surface area is 183 Å². The van der Waals surface area contributed by atoms with Crippen LogP contribution in [0.3, 0.4) is 0 Å². The van der Waals surface area contributed by atoms with Gasteiger partial charge in [-0.1, -0.05) is 0 Å². The van der Waals surface area contributed by atoms with Gasteiger partial charge in [-0.3, -0.25) is 19.1 Å². The Hall–Kier alpha value is -2.40. The van der Waals surface area contributed by atoms with Crippen molar-refractivity contribution in [3.8, 4) is 0 Å². The van der Waals surface area contributed by atoms with Gasteiger partial charge in [-0.2, -0.15) is 16.8 Å². The summed E-state index contributed by atoms with van der Waals surface area (Å²) in [6, 6.07) is 5.50. The fourth-order valence-corrected chi connectivity index (χ4v) is 4.62. The first-order valence-corrected chi connectivity index (χ1v) is 12.2. The minimum Gasteiger partial charge on any atom is -0.282 e. The largest absolute Gasteiger partial charge is 0.294 e. The molecule has 0 aliphatic heterocycles. The first-order chi connectivity index (χ1) is 14.1. The molecule has 0 radical (unpaired) electrons. The number of aliphatic imine (C=N–C) groups is 2. The number of rotatable bonds is 6. The van der Waals surface area contributed by atoms with E-state index in [2.05, 4.69) is 9.98 Å². The number of nitrogens with zero attached hydrogens (tertiary/aromatic N) is 2. The molecule has 8 nitrogen and oxygen atoms in total. The second-order valence-corrected chi connectivity index (χ2v) is 10.5. The van der Waals surface area contributed by atoms with Gasteiger partial charge in [0.2, 0.25) is 0 Å². The van der Waals surface area contributed by atoms with Crippen molar-refractivity contribution in [1.82, 2.24) is 0 Å². The molecule has 0 saturated heterocycles. The predicted octanol–water partition coefficient (Wildman–Crippen LogP) is 4.69. The second kappa shape index (κ2) is 8.99. The smallest absolute Gasteiger partial charge is 0.282 e. The average Bonchev–Trinajstić information content (AvgIpc) is 2.59.